The van der Waals surface area contributed by atoms with Crippen LogP contribution in [-0.4, -0.2) is 87.5 Å². The molecule has 158 valence electrons. The molecule has 4 rings (SSSR count). The summed E-state index contributed by atoms with van der Waals surface area (Å²) in [4.78, 5) is 41.1. The molecule has 1 atom stereocenters. The van der Waals surface area contributed by atoms with Crippen LogP contribution in [0.3, 0.4) is 0 Å². The average molecular weight is 431 g/mol. The van der Waals surface area contributed by atoms with E-state index < -0.39 is 12.2 Å². The predicted molar refractivity (Wildman–Crippen MR) is 112 cm³/mol. The zero-order valence-corrected chi connectivity index (χ0v) is 16.8. The molecule has 2 aliphatic rings. The van der Waals surface area contributed by atoms with Gasteiger partial charge in [-0.2, -0.15) is 0 Å². The van der Waals surface area contributed by atoms with Gasteiger partial charge in [0.2, 0.25) is 0 Å². The quantitative estimate of drug-likeness (QED) is 0.581. The van der Waals surface area contributed by atoms with Gasteiger partial charge in [-0.3, -0.25) is 9.69 Å². The number of pyridine rings is 1. The zero-order chi connectivity index (χ0) is 21.1. The fraction of sp³-hybridized carbons (Fsp3) is 0.389. The smallest absolute Gasteiger partial charge is 0.414 e. The number of imidazole rings is 1. The summed E-state index contributed by atoms with van der Waals surface area (Å²) in [5, 5.41) is 11.3. The minimum absolute atomic E-state index is 0.110. The number of nitrogens with zero attached hydrogens (tertiary/aromatic N) is 5. The maximum absolute atomic E-state index is 12.4. The van der Waals surface area contributed by atoms with Gasteiger partial charge in [0.05, 0.1) is 25.0 Å². The van der Waals surface area contributed by atoms with E-state index in [9.17, 15) is 9.59 Å². The van der Waals surface area contributed by atoms with Gasteiger partial charge in [0.25, 0.3) is 11.1 Å². The number of aromatic nitrogens is 3. The van der Waals surface area contributed by atoms with E-state index in [4.69, 9.17) is 9.84 Å². The molecule has 2 aromatic heterocycles. The van der Waals surface area contributed by atoms with Gasteiger partial charge in [-0.1, -0.05) is 0 Å². The van der Waals surface area contributed by atoms with Crippen LogP contribution in [0.2, 0.25) is 0 Å². The molecule has 2 fully saturated rings. The van der Waals surface area contributed by atoms with Gasteiger partial charge in [-0.15, -0.1) is 0 Å². The van der Waals surface area contributed by atoms with Crippen molar-refractivity contribution in [2.75, 3.05) is 49.1 Å². The summed E-state index contributed by atoms with van der Waals surface area (Å²) in [5.41, 5.74) is 0.629. The molecule has 0 aliphatic carbocycles. The van der Waals surface area contributed by atoms with Crippen molar-refractivity contribution in [3.63, 3.8) is 0 Å². The van der Waals surface area contributed by atoms with Gasteiger partial charge in [0.15, 0.2) is 5.82 Å². The van der Waals surface area contributed by atoms with Crippen molar-refractivity contribution >= 4 is 40.9 Å². The number of ether oxygens (including phenoxy) is 1. The first-order valence-electron chi connectivity index (χ1n) is 9.46. The number of rotatable bonds is 5. The van der Waals surface area contributed by atoms with E-state index in [0.29, 0.717) is 44.2 Å². The normalized spacial score (nSPS) is 19.0. The Balaban J connectivity index is 1.33. The molecule has 3 N–H and O–H groups in total. The molecule has 2 saturated heterocycles. The highest BCUT2D eigenvalue weighted by atomic mass is 32.1. The lowest BCUT2D eigenvalue weighted by Gasteiger charge is -2.35. The Morgan fingerprint density at radius 1 is 1.30 bits per heavy atom. The van der Waals surface area contributed by atoms with Crippen molar-refractivity contribution in [3.05, 3.63) is 36.5 Å². The van der Waals surface area contributed by atoms with Crippen molar-refractivity contribution in [1.29, 1.82) is 0 Å². The van der Waals surface area contributed by atoms with Crippen LogP contribution in [0.1, 0.15) is 10.6 Å². The van der Waals surface area contributed by atoms with Crippen molar-refractivity contribution in [2.24, 2.45) is 0 Å². The summed E-state index contributed by atoms with van der Waals surface area (Å²) >= 11 is 4.55. The zero-order valence-electron chi connectivity index (χ0n) is 16.0. The highest BCUT2D eigenvalue weighted by Crippen LogP contribution is 2.23. The predicted octanol–water partition coefficient (Wildman–Crippen LogP) is 0.525. The number of piperazine rings is 1. The summed E-state index contributed by atoms with van der Waals surface area (Å²) in [5.74, 6) is 1.01. The lowest BCUT2D eigenvalue weighted by molar-refractivity contribution is 0.0735. The van der Waals surface area contributed by atoms with Gasteiger partial charge >= 0.3 is 6.09 Å². The van der Waals surface area contributed by atoms with Crippen LogP contribution in [-0.2, 0) is 4.74 Å². The van der Waals surface area contributed by atoms with Gasteiger partial charge in [0, 0.05) is 38.6 Å². The van der Waals surface area contributed by atoms with Crippen LogP contribution in [0, 0.1) is 0 Å². The number of aliphatic hydroxyl groups is 1. The van der Waals surface area contributed by atoms with E-state index in [1.54, 1.807) is 23.5 Å². The molecule has 2 aromatic rings. The van der Waals surface area contributed by atoms with Crippen molar-refractivity contribution in [2.45, 2.75) is 6.10 Å². The topological polar surface area (TPSA) is 127 Å². The fourth-order valence-electron chi connectivity index (χ4n) is 3.44. The Hall–Kier alpha value is -3.41. The largest absolute Gasteiger partial charge is 0.487 e. The van der Waals surface area contributed by atoms with Crippen molar-refractivity contribution in [3.8, 4) is 0 Å². The fourth-order valence-corrected chi connectivity index (χ4v) is 3.52. The van der Waals surface area contributed by atoms with E-state index in [2.05, 4.69) is 37.4 Å². The van der Waals surface area contributed by atoms with Crippen LogP contribution >= 0.6 is 12.2 Å². The number of amides is 2. The number of nitrogens with one attached hydrogen (secondary N) is 2. The second kappa shape index (κ2) is 8.53. The standard InChI is InChI=1S/C18H21N7O4S/c26-16(15-19-3-4-20-15)24-7-5-23(6-8-24)14-2-1-12(9-21-14)25-11-13(29-18(25)28)10-22-17(27)30/h1-4,9,13H,5-8,10-11H2,(H,19,20)(H2,22,27,30). The lowest BCUT2D eigenvalue weighted by atomic mass is 10.2. The van der Waals surface area contributed by atoms with Crippen LogP contribution < -0.4 is 15.1 Å². The highest BCUT2D eigenvalue weighted by molar-refractivity contribution is 7.79. The number of hydrogen-bond donors (Lipinski definition) is 3. The van der Waals surface area contributed by atoms with E-state index in [1.807, 2.05) is 12.1 Å². The third kappa shape index (κ3) is 4.27. The Morgan fingerprint density at radius 2 is 2.10 bits per heavy atom. The first-order chi connectivity index (χ1) is 14.5. The molecule has 2 aliphatic heterocycles. The second-order valence-electron chi connectivity index (χ2n) is 6.89. The molecule has 0 aromatic carbocycles. The molecule has 0 saturated carbocycles. The molecule has 0 spiro atoms. The molecular formula is C18H21N7O4S. The van der Waals surface area contributed by atoms with Crippen LogP contribution in [0.25, 0.3) is 0 Å². The Kier molecular flexibility index (Phi) is 5.65. The third-order valence-corrected chi connectivity index (χ3v) is 5.13. The number of carbonyl (C=O) groups excluding carboxylic acids is 2. The number of carbonyl (C=O) groups is 2. The van der Waals surface area contributed by atoms with E-state index in [0.717, 1.165) is 5.82 Å². The molecule has 0 radical (unpaired) electrons. The van der Waals surface area contributed by atoms with Crippen LogP contribution in [0.15, 0.2) is 30.7 Å². The molecule has 11 nitrogen and oxygen atoms in total. The summed E-state index contributed by atoms with van der Waals surface area (Å²) in [6, 6.07) is 3.66. The number of cyclic esters (lactones) is 1. The number of hydrogen-bond acceptors (Lipinski definition) is 7. The monoisotopic (exact) mass is 431 g/mol. The van der Waals surface area contributed by atoms with Crippen LogP contribution in [0.4, 0.5) is 16.3 Å². The number of H-pyrrole nitrogens is 1. The molecule has 12 heteroatoms. The molecule has 30 heavy (non-hydrogen) atoms. The molecule has 2 amide bonds. The highest BCUT2D eigenvalue weighted by Gasteiger charge is 2.32. The van der Waals surface area contributed by atoms with Crippen LogP contribution in [0.5, 0.6) is 0 Å². The summed E-state index contributed by atoms with van der Waals surface area (Å²) in [6.45, 7) is 3.03. The van der Waals surface area contributed by atoms with Gasteiger partial charge in [-0.05, 0) is 24.4 Å². The van der Waals surface area contributed by atoms with Crippen molar-refractivity contribution < 1.29 is 19.4 Å². The summed E-state index contributed by atoms with van der Waals surface area (Å²) in [7, 11) is 0. The average Bonchev–Trinajstić information content (AvgIpc) is 3.42. The Labute approximate surface area is 177 Å². The van der Waals surface area contributed by atoms with Crippen molar-refractivity contribution in [1.82, 2.24) is 25.2 Å². The van der Waals surface area contributed by atoms with E-state index in [-0.39, 0.29) is 17.6 Å². The maximum Gasteiger partial charge on any atom is 0.414 e. The lowest BCUT2D eigenvalue weighted by Crippen LogP contribution is -2.49. The number of aliphatic hydroxyl groups excluding tert-OH is 1. The first-order valence-corrected chi connectivity index (χ1v) is 9.86. The minimum atomic E-state index is -0.467. The maximum atomic E-state index is 12.4. The number of thiocarbonyl (C=S) groups is 1. The molecule has 0 bridgehead atoms. The Bertz CT molecular complexity index is 913. The van der Waals surface area contributed by atoms with Gasteiger partial charge in [-0.25, -0.2) is 14.8 Å². The summed E-state index contributed by atoms with van der Waals surface area (Å²) in [6.07, 6.45) is 3.94. The molecule has 4 heterocycles. The molecular weight excluding hydrogens is 410 g/mol. The van der Waals surface area contributed by atoms with Gasteiger partial charge < -0.3 is 29.9 Å². The van der Waals surface area contributed by atoms with Gasteiger partial charge in [0.1, 0.15) is 11.9 Å². The van der Waals surface area contributed by atoms with E-state index in [1.165, 1.54) is 4.90 Å². The second-order valence-corrected chi connectivity index (χ2v) is 7.28. The Morgan fingerprint density at radius 3 is 2.73 bits per heavy atom. The minimum Gasteiger partial charge on any atom is -0.487 e. The third-order valence-electron chi connectivity index (χ3n) is 4.99. The molecule has 1 unspecified atom stereocenters. The summed E-state index contributed by atoms with van der Waals surface area (Å²) < 4.78 is 5.26. The number of anilines is 2. The first kappa shape index (κ1) is 19.9. The SMILES string of the molecule is O=C(c1ncc[nH]1)N1CCN(c2ccc(N3CC(CNC(O)=S)OC3=O)cn2)CC1. The van der Waals surface area contributed by atoms with E-state index >= 15 is 0 Å². The number of aromatic amines is 1.